The van der Waals surface area contributed by atoms with Gasteiger partial charge < -0.3 is 19.1 Å². The molecule has 0 fully saturated rings. The molecule has 0 unspecified atom stereocenters. The molecule has 7 rings (SSSR count). The van der Waals surface area contributed by atoms with E-state index in [1.165, 1.54) is 11.4 Å². The molecule has 0 spiro atoms. The smallest absolute Gasteiger partial charge is 0.509 e. The van der Waals surface area contributed by atoms with Crippen molar-refractivity contribution < 1.29 is 25.8 Å². The van der Waals surface area contributed by atoms with Gasteiger partial charge in [-0.05, 0) is 48.2 Å². The fourth-order valence-corrected chi connectivity index (χ4v) is 5.17. The van der Waals surface area contributed by atoms with Gasteiger partial charge in [0.1, 0.15) is 5.82 Å². The third-order valence-electron chi connectivity index (χ3n) is 6.89. The number of fused-ring (bicyclic) bond motifs is 4. The van der Waals surface area contributed by atoms with E-state index in [0.29, 0.717) is 11.5 Å². The van der Waals surface area contributed by atoms with Crippen molar-refractivity contribution in [1.82, 2.24) is 9.55 Å². The van der Waals surface area contributed by atoms with Crippen LogP contribution in [-0.2, 0) is 21.1 Å². The van der Waals surface area contributed by atoms with E-state index in [2.05, 4.69) is 112 Å². The minimum absolute atomic E-state index is 0. The molecule has 38 heavy (non-hydrogen) atoms. The third kappa shape index (κ3) is 4.04. The zero-order chi connectivity index (χ0) is 24.9. The number of nitrogens with zero attached hydrogens (tertiary/aromatic N) is 4. The van der Waals surface area contributed by atoms with Crippen LogP contribution in [0.25, 0.3) is 27.6 Å². The standard InChI is InChI=1S/C32H24N4O.Pt/c1-22-16-17-33-32(18-22)36-28-11-4-3-10-26(28)27-15-14-25(20-31(27)36)37-24-9-7-8-23(19-24)35-21-34(2)29-12-5-6-13-30(29)35;/h3-18H,21H2,1-2H3;/q-2;+2. The Kier molecular flexibility index (Phi) is 6.17. The summed E-state index contributed by atoms with van der Waals surface area (Å²) in [4.78, 5) is 9.14. The summed E-state index contributed by atoms with van der Waals surface area (Å²) in [6.07, 6.45) is 1.85. The molecule has 0 radical (unpaired) electrons. The van der Waals surface area contributed by atoms with Crippen LogP contribution in [0.15, 0.2) is 97.2 Å². The van der Waals surface area contributed by atoms with Gasteiger partial charge in [-0.25, -0.2) is 4.98 Å². The zero-order valence-electron chi connectivity index (χ0n) is 21.0. The molecule has 5 nitrogen and oxygen atoms in total. The van der Waals surface area contributed by atoms with Crippen molar-refractivity contribution in [2.45, 2.75) is 6.92 Å². The van der Waals surface area contributed by atoms with Crippen molar-refractivity contribution >= 4 is 38.9 Å². The van der Waals surface area contributed by atoms with E-state index in [9.17, 15) is 0 Å². The number of anilines is 3. The molecule has 1 aliphatic rings. The van der Waals surface area contributed by atoms with Gasteiger partial charge in [0.25, 0.3) is 0 Å². The van der Waals surface area contributed by atoms with E-state index >= 15 is 0 Å². The Morgan fingerprint density at radius 2 is 1.58 bits per heavy atom. The molecule has 6 aromatic rings. The first kappa shape index (κ1) is 24.3. The van der Waals surface area contributed by atoms with Gasteiger partial charge >= 0.3 is 21.1 Å². The number of rotatable bonds is 4. The van der Waals surface area contributed by atoms with Gasteiger partial charge in [0.05, 0.1) is 18.0 Å². The minimum atomic E-state index is 0. The topological polar surface area (TPSA) is 33.5 Å². The average Bonchev–Trinajstić information content (AvgIpc) is 3.43. The molecule has 0 bridgehead atoms. The molecule has 0 aliphatic carbocycles. The van der Waals surface area contributed by atoms with E-state index in [1.807, 2.05) is 30.5 Å². The monoisotopic (exact) mass is 675 g/mol. The first-order valence-electron chi connectivity index (χ1n) is 12.3. The fraction of sp³-hybridized carbons (Fsp3) is 0.0938. The second-order valence-electron chi connectivity index (χ2n) is 9.39. The van der Waals surface area contributed by atoms with Crippen LogP contribution in [0.1, 0.15) is 5.56 Å². The van der Waals surface area contributed by atoms with Gasteiger partial charge in [-0.15, -0.1) is 35.7 Å². The van der Waals surface area contributed by atoms with Crippen molar-refractivity contribution in [2.24, 2.45) is 0 Å². The van der Waals surface area contributed by atoms with Gasteiger partial charge in [0.15, 0.2) is 0 Å². The summed E-state index contributed by atoms with van der Waals surface area (Å²) < 4.78 is 8.48. The Balaban J connectivity index is 0.00000264. The van der Waals surface area contributed by atoms with Crippen molar-refractivity contribution in [2.75, 3.05) is 23.5 Å². The molecule has 2 aromatic heterocycles. The summed E-state index contributed by atoms with van der Waals surface area (Å²) in [6, 6.07) is 38.0. The summed E-state index contributed by atoms with van der Waals surface area (Å²) in [5, 5.41) is 2.27. The van der Waals surface area contributed by atoms with Crippen LogP contribution in [0.3, 0.4) is 0 Å². The summed E-state index contributed by atoms with van der Waals surface area (Å²) in [5.74, 6) is 2.15. The van der Waals surface area contributed by atoms with Crippen LogP contribution in [0, 0.1) is 19.1 Å². The Bertz CT molecular complexity index is 1790. The molecule has 0 amide bonds. The molecule has 3 heterocycles. The number of pyridine rings is 1. The Labute approximate surface area is 236 Å². The number of hydrogen-bond donors (Lipinski definition) is 0. The summed E-state index contributed by atoms with van der Waals surface area (Å²) in [6.45, 7) is 2.84. The Morgan fingerprint density at radius 3 is 2.45 bits per heavy atom. The molecule has 1 aliphatic heterocycles. The molecular formula is C32H24N4OPt. The molecule has 0 saturated carbocycles. The van der Waals surface area contributed by atoms with Crippen molar-refractivity contribution in [1.29, 1.82) is 0 Å². The Hall–Kier alpha value is -4.08. The van der Waals surface area contributed by atoms with E-state index < -0.39 is 0 Å². The number of benzene rings is 4. The maximum Gasteiger partial charge on any atom is 2.00 e. The average molecular weight is 676 g/mol. The predicted octanol–water partition coefficient (Wildman–Crippen LogP) is 7.42. The normalized spacial score (nSPS) is 12.6. The summed E-state index contributed by atoms with van der Waals surface area (Å²) in [5.41, 5.74) is 6.52. The molecule has 6 heteroatoms. The van der Waals surface area contributed by atoms with Crippen LogP contribution >= 0.6 is 0 Å². The SMILES string of the molecule is Cc1ccnc(-n2c3[c-]c(Oc4[c-]c(N5CN(C)c6ccccc65)ccc4)ccc3c3ccccc32)c1.[Pt+2]. The maximum absolute atomic E-state index is 6.33. The van der Waals surface area contributed by atoms with Crippen LogP contribution < -0.4 is 14.5 Å². The first-order valence-corrected chi connectivity index (χ1v) is 12.3. The molecule has 0 atom stereocenters. The second kappa shape index (κ2) is 9.66. The first-order chi connectivity index (χ1) is 18.2. The number of aromatic nitrogens is 2. The Morgan fingerprint density at radius 1 is 0.789 bits per heavy atom. The van der Waals surface area contributed by atoms with Crippen molar-refractivity contribution in [3.63, 3.8) is 0 Å². The third-order valence-corrected chi connectivity index (χ3v) is 6.89. The molecule has 0 saturated heterocycles. The van der Waals surface area contributed by atoms with E-state index in [0.717, 1.165) is 45.5 Å². The van der Waals surface area contributed by atoms with Gasteiger partial charge in [-0.3, -0.25) is 0 Å². The van der Waals surface area contributed by atoms with Crippen LogP contribution in [0.2, 0.25) is 0 Å². The number of aryl methyl sites for hydroxylation is 1. The zero-order valence-corrected chi connectivity index (χ0v) is 23.2. The molecule has 0 N–H and O–H groups in total. The van der Waals surface area contributed by atoms with Gasteiger partial charge in [0.2, 0.25) is 0 Å². The van der Waals surface area contributed by atoms with Gasteiger partial charge in [-0.2, -0.15) is 12.1 Å². The van der Waals surface area contributed by atoms with Gasteiger partial charge in [0, 0.05) is 30.3 Å². The van der Waals surface area contributed by atoms with Crippen molar-refractivity contribution in [3.05, 3.63) is 115 Å². The van der Waals surface area contributed by atoms with Crippen LogP contribution in [0.4, 0.5) is 17.1 Å². The fourth-order valence-electron chi connectivity index (χ4n) is 5.17. The minimum Gasteiger partial charge on any atom is -0.509 e. The van der Waals surface area contributed by atoms with Crippen LogP contribution in [0.5, 0.6) is 11.5 Å². The summed E-state index contributed by atoms with van der Waals surface area (Å²) in [7, 11) is 2.10. The summed E-state index contributed by atoms with van der Waals surface area (Å²) >= 11 is 0. The molecule has 4 aromatic carbocycles. The maximum atomic E-state index is 6.33. The number of ether oxygens (including phenoxy) is 1. The van der Waals surface area contributed by atoms with E-state index in [1.54, 1.807) is 0 Å². The van der Waals surface area contributed by atoms with E-state index in [-0.39, 0.29) is 21.1 Å². The van der Waals surface area contributed by atoms with Gasteiger partial charge in [-0.1, -0.05) is 41.5 Å². The van der Waals surface area contributed by atoms with E-state index in [4.69, 9.17) is 4.74 Å². The largest absolute Gasteiger partial charge is 2.00 e. The second-order valence-corrected chi connectivity index (χ2v) is 9.39. The molecular weight excluding hydrogens is 651 g/mol. The predicted molar refractivity (Wildman–Crippen MR) is 149 cm³/mol. The number of hydrogen-bond acceptors (Lipinski definition) is 4. The van der Waals surface area contributed by atoms with Crippen molar-refractivity contribution in [3.8, 4) is 17.3 Å². The number of para-hydroxylation sites is 3. The van der Waals surface area contributed by atoms with Crippen LogP contribution in [-0.4, -0.2) is 23.3 Å². The quantitative estimate of drug-likeness (QED) is 0.182. The molecule has 188 valence electrons.